The van der Waals surface area contributed by atoms with Crippen LogP contribution in [0.25, 0.3) is 0 Å². The maximum atomic E-state index is 13.2. The Hall–Kier alpha value is -2.45. The number of cyclic esters (lactones) is 1. The molecule has 0 bridgehead atoms. The summed E-state index contributed by atoms with van der Waals surface area (Å²) in [7, 11) is 0. The Bertz CT molecular complexity index is 650. The molecule has 2 N–H and O–H groups in total. The van der Waals surface area contributed by atoms with E-state index in [9.17, 15) is 14.0 Å². The minimum absolute atomic E-state index is 0.131. The van der Waals surface area contributed by atoms with Gasteiger partial charge in [0.05, 0.1) is 12.7 Å². The molecule has 1 amide bonds. The molecule has 1 aliphatic rings. The molecule has 27 heavy (non-hydrogen) atoms. The van der Waals surface area contributed by atoms with Crippen LogP contribution >= 0.6 is 0 Å². The molecule has 0 aliphatic carbocycles. The van der Waals surface area contributed by atoms with Gasteiger partial charge in [-0.2, -0.15) is 0 Å². The summed E-state index contributed by atoms with van der Waals surface area (Å²) >= 11 is 0. The quantitative estimate of drug-likeness (QED) is 0.580. The van der Waals surface area contributed by atoms with Crippen molar-refractivity contribution >= 4 is 12.1 Å². The zero-order valence-corrected chi connectivity index (χ0v) is 15.1. The van der Waals surface area contributed by atoms with Crippen LogP contribution in [0.4, 0.5) is 9.18 Å². The van der Waals surface area contributed by atoms with Gasteiger partial charge in [0, 0.05) is 19.4 Å². The second-order valence-electron chi connectivity index (χ2n) is 6.26. The summed E-state index contributed by atoms with van der Waals surface area (Å²) in [5.74, 6) is -1.01. The maximum Gasteiger partial charge on any atom is 0.405 e. The van der Waals surface area contributed by atoms with Crippen molar-refractivity contribution in [2.24, 2.45) is 0 Å². The van der Waals surface area contributed by atoms with Crippen LogP contribution in [0.5, 0.6) is 0 Å². The first-order valence-electron chi connectivity index (χ1n) is 8.69. The van der Waals surface area contributed by atoms with Crippen molar-refractivity contribution in [3.8, 4) is 0 Å². The highest BCUT2D eigenvalue weighted by Crippen LogP contribution is 2.20. The van der Waals surface area contributed by atoms with Crippen molar-refractivity contribution < 1.29 is 33.3 Å². The average molecular weight is 381 g/mol. The lowest BCUT2D eigenvalue weighted by atomic mass is 10.0. The molecular weight excluding hydrogens is 357 g/mol. The number of hydrogen-bond acceptors (Lipinski definition) is 5. The number of carbonyl (C=O) groups excluding carboxylic acids is 1. The van der Waals surface area contributed by atoms with Gasteiger partial charge in [0.15, 0.2) is 0 Å². The number of esters is 1. The number of halogens is 1. The predicted molar refractivity (Wildman–Crippen MR) is 94.9 cm³/mol. The smallest absolute Gasteiger partial charge is 0.405 e. The number of benzene rings is 1. The van der Waals surface area contributed by atoms with Crippen molar-refractivity contribution in [3.63, 3.8) is 0 Å². The third kappa shape index (κ3) is 6.33. The summed E-state index contributed by atoms with van der Waals surface area (Å²) in [6.45, 7) is 5.64. The van der Waals surface area contributed by atoms with Crippen LogP contribution in [-0.2, 0) is 25.4 Å². The summed E-state index contributed by atoms with van der Waals surface area (Å²) < 4.78 is 30.3. The van der Waals surface area contributed by atoms with Crippen molar-refractivity contribution in [1.82, 2.24) is 5.32 Å². The Labute approximate surface area is 157 Å². The van der Waals surface area contributed by atoms with Gasteiger partial charge in [0.1, 0.15) is 24.1 Å². The van der Waals surface area contributed by atoms with E-state index in [1.54, 1.807) is 25.1 Å². The van der Waals surface area contributed by atoms with E-state index in [2.05, 4.69) is 11.9 Å². The van der Waals surface area contributed by atoms with Gasteiger partial charge in [0.25, 0.3) is 0 Å². The van der Waals surface area contributed by atoms with Crippen molar-refractivity contribution in [1.29, 1.82) is 0 Å². The third-order valence-electron chi connectivity index (χ3n) is 4.21. The molecule has 0 aromatic heterocycles. The first-order valence-corrected chi connectivity index (χ1v) is 8.69. The number of rotatable bonds is 6. The number of ether oxygens (including phenoxy) is 3. The molecular formula is C19H24FNO6. The Kier molecular flexibility index (Phi) is 7.75. The van der Waals surface area contributed by atoms with Crippen LogP contribution in [0, 0.1) is 5.82 Å². The van der Waals surface area contributed by atoms with E-state index in [1.807, 2.05) is 0 Å². The molecule has 0 spiro atoms. The molecule has 8 heteroatoms. The van der Waals surface area contributed by atoms with Crippen LogP contribution in [0.15, 0.2) is 36.9 Å². The predicted octanol–water partition coefficient (Wildman–Crippen LogP) is 2.30. The summed E-state index contributed by atoms with van der Waals surface area (Å²) in [6.07, 6.45) is -0.939. The fourth-order valence-corrected chi connectivity index (χ4v) is 2.91. The van der Waals surface area contributed by atoms with Gasteiger partial charge in [0.2, 0.25) is 0 Å². The highest BCUT2D eigenvalue weighted by molar-refractivity contribution is 5.80. The number of carboxylic acid groups (broad SMARTS) is 1. The molecule has 1 aliphatic heterocycles. The topological polar surface area (TPSA) is 94.1 Å². The average Bonchev–Trinajstić information content (AvgIpc) is 2.66. The zero-order chi connectivity index (χ0) is 19.8. The number of carbonyl (C=O) groups is 2. The molecule has 4 atom stereocenters. The normalized spacial score (nSPS) is 26.2. The monoisotopic (exact) mass is 381 g/mol. The SMILES string of the molecule is C=CCO[C@H]1[C@H](C)OC(=O)[C@@H](NC(=O)O)CCO[C@@H]1Cc1ccc(F)cc1. The lowest BCUT2D eigenvalue weighted by Crippen LogP contribution is -2.45. The van der Waals surface area contributed by atoms with E-state index in [-0.39, 0.29) is 25.5 Å². The molecule has 2 rings (SSSR count). The molecule has 0 saturated carbocycles. The molecule has 1 heterocycles. The van der Waals surface area contributed by atoms with Crippen LogP contribution in [0.3, 0.4) is 0 Å². The molecule has 7 nitrogen and oxygen atoms in total. The van der Waals surface area contributed by atoms with E-state index >= 15 is 0 Å². The fraction of sp³-hybridized carbons (Fsp3) is 0.474. The van der Waals surface area contributed by atoms with E-state index in [1.165, 1.54) is 12.1 Å². The summed E-state index contributed by atoms with van der Waals surface area (Å²) in [6, 6.07) is 5.01. The number of hydrogen-bond donors (Lipinski definition) is 2. The maximum absolute atomic E-state index is 13.2. The van der Waals surface area contributed by atoms with Gasteiger partial charge in [-0.15, -0.1) is 6.58 Å². The minimum Gasteiger partial charge on any atom is -0.465 e. The van der Waals surface area contributed by atoms with Gasteiger partial charge < -0.3 is 24.6 Å². The van der Waals surface area contributed by atoms with Crippen LogP contribution in [-0.4, -0.2) is 54.7 Å². The summed E-state index contributed by atoms with van der Waals surface area (Å²) in [5, 5.41) is 11.0. The van der Waals surface area contributed by atoms with Crippen LogP contribution in [0.2, 0.25) is 0 Å². The molecule has 1 fully saturated rings. The van der Waals surface area contributed by atoms with E-state index in [0.29, 0.717) is 6.42 Å². The van der Waals surface area contributed by atoms with Crippen LogP contribution in [0.1, 0.15) is 18.9 Å². The molecule has 1 saturated heterocycles. The van der Waals surface area contributed by atoms with Crippen LogP contribution < -0.4 is 5.32 Å². The first kappa shape index (κ1) is 20.9. The van der Waals surface area contributed by atoms with Gasteiger partial charge >= 0.3 is 12.1 Å². The molecule has 148 valence electrons. The van der Waals surface area contributed by atoms with Crippen molar-refractivity contribution in [2.45, 2.75) is 44.1 Å². The van der Waals surface area contributed by atoms with E-state index in [4.69, 9.17) is 19.3 Å². The fourth-order valence-electron chi connectivity index (χ4n) is 2.91. The highest BCUT2D eigenvalue weighted by atomic mass is 19.1. The largest absolute Gasteiger partial charge is 0.465 e. The highest BCUT2D eigenvalue weighted by Gasteiger charge is 2.35. The Balaban J connectivity index is 2.20. The Morgan fingerprint density at radius 1 is 1.44 bits per heavy atom. The van der Waals surface area contributed by atoms with Crippen molar-refractivity contribution in [2.75, 3.05) is 13.2 Å². The summed E-state index contributed by atoms with van der Waals surface area (Å²) in [5.41, 5.74) is 0.839. The second-order valence-corrected chi connectivity index (χ2v) is 6.26. The molecule has 1 aromatic carbocycles. The lowest BCUT2D eigenvalue weighted by molar-refractivity contribution is -0.163. The standard InChI is InChI=1S/C19H24FNO6/c1-3-9-26-17-12(2)27-18(22)15(21-19(23)24)8-10-25-16(17)11-13-4-6-14(20)7-5-13/h3-7,12,15-17,21H,1,8-11H2,2H3,(H,23,24)/t12-,15-,16+,17-/m0/s1. The molecule has 0 radical (unpaired) electrons. The number of nitrogens with one attached hydrogen (secondary N) is 1. The third-order valence-corrected chi connectivity index (χ3v) is 4.21. The van der Waals surface area contributed by atoms with Gasteiger partial charge in [-0.05, 0) is 24.6 Å². The molecule has 0 unspecified atom stereocenters. The van der Waals surface area contributed by atoms with Gasteiger partial charge in [-0.1, -0.05) is 18.2 Å². The lowest BCUT2D eigenvalue weighted by Gasteiger charge is -2.30. The second kappa shape index (κ2) is 10.0. The van der Waals surface area contributed by atoms with Gasteiger partial charge in [-0.25, -0.2) is 14.0 Å². The number of amides is 1. The van der Waals surface area contributed by atoms with E-state index in [0.717, 1.165) is 5.56 Å². The Morgan fingerprint density at radius 3 is 2.78 bits per heavy atom. The van der Waals surface area contributed by atoms with Crippen molar-refractivity contribution in [3.05, 3.63) is 48.3 Å². The zero-order valence-electron chi connectivity index (χ0n) is 15.1. The summed E-state index contributed by atoms with van der Waals surface area (Å²) in [4.78, 5) is 23.2. The molecule has 1 aromatic rings. The van der Waals surface area contributed by atoms with Gasteiger partial charge in [-0.3, -0.25) is 0 Å². The minimum atomic E-state index is -1.31. The Morgan fingerprint density at radius 2 is 2.15 bits per heavy atom. The first-order chi connectivity index (χ1) is 12.9. The van der Waals surface area contributed by atoms with E-state index < -0.39 is 36.4 Å².